The molecule has 0 aliphatic carbocycles. The molecule has 1 aromatic carbocycles. The van der Waals surface area contributed by atoms with Gasteiger partial charge in [0.2, 0.25) is 5.95 Å². The van der Waals surface area contributed by atoms with E-state index in [9.17, 15) is 9.18 Å². The molecule has 0 unspecified atom stereocenters. The first-order valence-corrected chi connectivity index (χ1v) is 5.94. The molecule has 3 N–H and O–H groups in total. The highest BCUT2D eigenvalue weighted by atomic mass is 19.1. The SMILES string of the molecule is Cc1cc(C)nc(NNC(=O)Nc2ccccc2F)n1. The lowest BCUT2D eigenvalue weighted by Gasteiger charge is -2.10. The normalized spacial score (nSPS) is 9.95. The van der Waals surface area contributed by atoms with E-state index in [0.29, 0.717) is 0 Å². The zero-order valence-electron chi connectivity index (χ0n) is 11.1. The van der Waals surface area contributed by atoms with Crippen molar-refractivity contribution in [2.45, 2.75) is 13.8 Å². The third-order valence-electron chi connectivity index (χ3n) is 2.39. The Morgan fingerprint density at radius 2 is 1.80 bits per heavy atom. The van der Waals surface area contributed by atoms with Gasteiger partial charge in [-0.1, -0.05) is 12.1 Å². The second kappa shape index (κ2) is 5.96. The van der Waals surface area contributed by atoms with Gasteiger partial charge in [-0.05, 0) is 32.0 Å². The van der Waals surface area contributed by atoms with Crippen LogP contribution in [0, 0.1) is 19.7 Å². The minimum Gasteiger partial charge on any atom is -0.304 e. The van der Waals surface area contributed by atoms with E-state index in [1.807, 2.05) is 19.9 Å². The summed E-state index contributed by atoms with van der Waals surface area (Å²) in [5, 5.41) is 2.37. The second-order valence-electron chi connectivity index (χ2n) is 4.16. The van der Waals surface area contributed by atoms with E-state index in [2.05, 4.69) is 26.1 Å². The van der Waals surface area contributed by atoms with Crippen molar-refractivity contribution in [3.8, 4) is 0 Å². The molecular formula is C13H14FN5O. The topological polar surface area (TPSA) is 78.9 Å². The fourth-order valence-electron chi connectivity index (χ4n) is 1.61. The quantitative estimate of drug-likeness (QED) is 0.751. The van der Waals surface area contributed by atoms with Crippen LogP contribution >= 0.6 is 0 Å². The van der Waals surface area contributed by atoms with Crippen molar-refractivity contribution in [1.29, 1.82) is 0 Å². The number of nitrogens with zero attached hydrogens (tertiary/aromatic N) is 2. The molecule has 0 fully saturated rings. The zero-order valence-corrected chi connectivity index (χ0v) is 11.1. The summed E-state index contributed by atoms with van der Waals surface area (Å²) in [6.07, 6.45) is 0. The number of hydrogen-bond acceptors (Lipinski definition) is 4. The third-order valence-corrected chi connectivity index (χ3v) is 2.39. The molecule has 0 saturated heterocycles. The van der Waals surface area contributed by atoms with Crippen LogP contribution in [0.1, 0.15) is 11.4 Å². The Hall–Kier alpha value is -2.70. The molecule has 0 atom stereocenters. The van der Waals surface area contributed by atoms with Gasteiger partial charge < -0.3 is 5.32 Å². The fraction of sp³-hybridized carbons (Fsp3) is 0.154. The number of nitrogens with one attached hydrogen (secondary N) is 3. The number of carbonyl (C=O) groups excluding carboxylic acids is 1. The molecule has 1 aromatic heterocycles. The van der Waals surface area contributed by atoms with Crippen molar-refractivity contribution >= 4 is 17.7 Å². The molecule has 6 nitrogen and oxygen atoms in total. The predicted molar refractivity (Wildman–Crippen MR) is 73.7 cm³/mol. The number of hydrogen-bond donors (Lipinski definition) is 3. The summed E-state index contributed by atoms with van der Waals surface area (Å²) in [5.74, 6) is -0.239. The first-order chi connectivity index (χ1) is 9.54. The first-order valence-electron chi connectivity index (χ1n) is 5.94. The van der Waals surface area contributed by atoms with Crippen LogP contribution in [0.25, 0.3) is 0 Å². The minimum absolute atomic E-state index is 0.0909. The maximum absolute atomic E-state index is 13.3. The fourth-order valence-corrected chi connectivity index (χ4v) is 1.61. The summed E-state index contributed by atoms with van der Waals surface area (Å²) >= 11 is 0. The van der Waals surface area contributed by atoms with Crippen molar-refractivity contribution < 1.29 is 9.18 Å². The number of amides is 2. The van der Waals surface area contributed by atoms with Crippen LogP contribution in [-0.2, 0) is 0 Å². The predicted octanol–water partition coefficient (Wildman–Crippen LogP) is 2.38. The molecule has 20 heavy (non-hydrogen) atoms. The van der Waals surface area contributed by atoms with Crippen LogP contribution in [0.4, 0.5) is 20.8 Å². The maximum atomic E-state index is 13.3. The van der Waals surface area contributed by atoms with Crippen LogP contribution in [-0.4, -0.2) is 16.0 Å². The van der Waals surface area contributed by atoms with Crippen molar-refractivity contribution in [2.24, 2.45) is 0 Å². The van der Waals surface area contributed by atoms with Crippen molar-refractivity contribution in [3.05, 3.63) is 47.5 Å². The Balaban J connectivity index is 1.94. The van der Waals surface area contributed by atoms with Crippen LogP contribution < -0.4 is 16.2 Å². The monoisotopic (exact) mass is 275 g/mol. The average Bonchev–Trinajstić information content (AvgIpc) is 2.38. The molecule has 2 rings (SSSR count). The first kappa shape index (κ1) is 13.7. The number of para-hydroxylation sites is 1. The van der Waals surface area contributed by atoms with Crippen molar-refractivity contribution in [2.75, 3.05) is 10.7 Å². The lowest BCUT2D eigenvalue weighted by molar-refractivity contribution is 0.253. The summed E-state index contributed by atoms with van der Waals surface area (Å²) < 4.78 is 13.3. The average molecular weight is 275 g/mol. The number of anilines is 2. The van der Waals surface area contributed by atoms with Crippen molar-refractivity contribution in [3.63, 3.8) is 0 Å². The highest BCUT2D eigenvalue weighted by Gasteiger charge is 2.06. The molecule has 0 spiro atoms. The molecular weight excluding hydrogens is 261 g/mol. The number of urea groups is 1. The van der Waals surface area contributed by atoms with Crippen LogP contribution in [0.5, 0.6) is 0 Å². The van der Waals surface area contributed by atoms with Gasteiger partial charge in [0.15, 0.2) is 0 Å². The number of halogens is 1. The van der Waals surface area contributed by atoms with E-state index >= 15 is 0 Å². The van der Waals surface area contributed by atoms with E-state index in [1.165, 1.54) is 12.1 Å². The largest absolute Gasteiger partial charge is 0.338 e. The summed E-state index contributed by atoms with van der Waals surface area (Å²) in [4.78, 5) is 19.8. The van der Waals surface area contributed by atoms with Gasteiger partial charge >= 0.3 is 6.03 Å². The van der Waals surface area contributed by atoms with Gasteiger partial charge in [-0.15, -0.1) is 0 Å². The molecule has 0 aliphatic rings. The Morgan fingerprint density at radius 1 is 1.15 bits per heavy atom. The molecule has 2 aromatic rings. The van der Waals surface area contributed by atoms with Gasteiger partial charge in [-0.3, -0.25) is 5.43 Å². The Bertz CT molecular complexity index is 612. The summed E-state index contributed by atoms with van der Waals surface area (Å²) in [6, 6.07) is 7.08. The number of rotatable bonds is 3. The number of carbonyl (C=O) groups is 1. The van der Waals surface area contributed by atoms with Crippen LogP contribution in [0.15, 0.2) is 30.3 Å². The van der Waals surface area contributed by atoms with Gasteiger partial charge in [0.05, 0.1) is 5.69 Å². The smallest absolute Gasteiger partial charge is 0.304 e. The molecule has 0 saturated carbocycles. The van der Waals surface area contributed by atoms with E-state index < -0.39 is 11.8 Å². The van der Waals surface area contributed by atoms with Gasteiger partial charge in [-0.2, -0.15) is 0 Å². The summed E-state index contributed by atoms with van der Waals surface area (Å²) in [6.45, 7) is 3.64. The maximum Gasteiger partial charge on any atom is 0.338 e. The van der Waals surface area contributed by atoms with Gasteiger partial charge in [-0.25, -0.2) is 24.6 Å². The molecule has 104 valence electrons. The van der Waals surface area contributed by atoms with Gasteiger partial charge in [0, 0.05) is 11.4 Å². The molecule has 7 heteroatoms. The van der Waals surface area contributed by atoms with Crippen LogP contribution in [0.3, 0.4) is 0 Å². The van der Waals surface area contributed by atoms with E-state index in [1.54, 1.807) is 12.1 Å². The second-order valence-corrected chi connectivity index (χ2v) is 4.16. The lowest BCUT2D eigenvalue weighted by Crippen LogP contribution is -2.34. The lowest BCUT2D eigenvalue weighted by atomic mass is 10.3. The molecule has 2 amide bonds. The highest BCUT2D eigenvalue weighted by molar-refractivity contribution is 5.89. The van der Waals surface area contributed by atoms with E-state index in [-0.39, 0.29) is 11.6 Å². The molecule has 0 bridgehead atoms. The number of hydrazine groups is 1. The Kier molecular flexibility index (Phi) is 4.09. The van der Waals surface area contributed by atoms with Crippen LogP contribution in [0.2, 0.25) is 0 Å². The third kappa shape index (κ3) is 3.64. The van der Waals surface area contributed by atoms with Gasteiger partial charge in [0.1, 0.15) is 5.82 Å². The summed E-state index contributed by atoms with van der Waals surface area (Å²) in [7, 11) is 0. The number of aryl methyl sites for hydroxylation is 2. The zero-order chi connectivity index (χ0) is 14.5. The molecule has 0 aliphatic heterocycles. The van der Waals surface area contributed by atoms with Gasteiger partial charge in [0.25, 0.3) is 0 Å². The minimum atomic E-state index is -0.613. The summed E-state index contributed by atoms with van der Waals surface area (Å²) in [5.41, 5.74) is 6.54. The molecule has 0 radical (unpaired) electrons. The number of aromatic nitrogens is 2. The van der Waals surface area contributed by atoms with E-state index in [0.717, 1.165) is 11.4 Å². The Labute approximate surface area is 115 Å². The Morgan fingerprint density at radius 3 is 2.45 bits per heavy atom. The standard InChI is InChI=1S/C13H14FN5O/c1-8-7-9(2)16-12(15-8)18-19-13(20)17-11-6-4-3-5-10(11)14/h3-7H,1-2H3,(H,15,16,18)(H2,17,19,20). The molecule has 1 heterocycles. The number of benzene rings is 1. The highest BCUT2D eigenvalue weighted by Crippen LogP contribution is 2.11. The van der Waals surface area contributed by atoms with E-state index in [4.69, 9.17) is 0 Å². The van der Waals surface area contributed by atoms with Crippen molar-refractivity contribution in [1.82, 2.24) is 15.4 Å².